The Hall–Kier alpha value is -3.50. The van der Waals surface area contributed by atoms with E-state index in [1.165, 1.54) is 10.7 Å². The molecule has 0 unspecified atom stereocenters. The molecule has 0 spiro atoms. The number of likely N-dealkylation sites (tertiary alicyclic amines) is 1. The Morgan fingerprint density at radius 3 is 3.03 bits per heavy atom. The van der Waals surface area contributed by atoms with Gasteiger partial charge in [-0.3, -0.25) is 14.4 Å². The number of alkyl halides is 1. The third kappa shape index (κ3) is 4.46. The van der Waals surface area contributed by atoms with Gasteiger partial charge < -0.3 is 10.1 Å². The smallest absolute Gasteiger partial charge is 0.261 e. The van der Waals surface area contributed by atoms with E-state index in [4.69, 9.17) is 21.4 Å². The number of fused-ring (bicyclic) bond motifs is 1. The van der Waals surface area contributed by atoms with Crippen LogP contribution in [-0.2, 0) is 6.54 Å². The summed E-state index contributed by atoms with van der Waals surface area (Å²) in [5.74, 6) is 0.206. The number of carbonyl (C=O) groups is 1. The summed E-state index contributed by atoms with van der Waals surface area (Å²) in [5, 5.41) is 12.4. The van der Waals surface area contributed by atoms with Crippen molar-refractivity contribution in [3.8, 4) is 17.0 Å². The Labute approximate surface area is 200 Å². The van der Waals surface area contributed by atoms with Gasteiger partial charge in [-0.25, -0.2) is 13.9 Å². The second kappa shape index (κ2) is 9.40. The summed E-state index contributed by atoms with van der Waals surface area (Å²) in [6.07, 6.45) is 6.34. The van der Waals surface area contributed by atoms with Crippen LogP contribution in [0.1, 0.15) is 16.8 Å². The predicted molar refractivity (Wildman–Crippen MR) is 126 cm³/mol. The fourth-order valence-corrected chi connectivity index (χ4v) is 4.27. The molecular formula is C23H23ClFN7O2. The molecule has 11 heteroatoms. The van der Waals surface area contributed by atoms with Crippen LogP contribution < -0.4 is 10.1 Å². The van der Waals surface area contributed by atoms with Gasteiger partial charge in [0.2, 0.25) is 0 Å². The van der Waals surface area contributed by atoms with Gasteiger partial charge in [-0.2, -0.15) is 10.2 Å². The third-order valence-corrected chi connectivity index (χ3v) is 6.05. The molecule has 0 aliphatic carbocycles. The lowest BCUT2D eigenvalue weighted by atomic mass is 10.1. The van der Waals surface area contributed by atoms with Crippen molar-refractivity contribution < 1.29 is 13.9 Å². The van der Waals surface area contributed by atoms with E-state index in [1.54, 1.807) is 54.6 Å². The monoisotopic (exact) mass is 483 g/mol. The Balaban J connectivity index is 1.47. The highest BCUT2D eigenvalue weighted by molar-refractivity contribution is 6.31. The van der Waals surface area contributed by atoms with Crippen LogP contribution in [0.25, 0.3) is 16.9 Å². The van der Waals surface area contributed by atoms with E-state index in [1.807, 2.05) is 0 Å². The van der Waals surface area contributed by atoms with E-state index in [0.29, 0.717) is 65.0 Å². The molecule has 1 fully saturated rings. The number of aromatic nitrogens is 5. The van der Waals surface area contributed by atoms with Crippen molar-refractivity contribution in [1.82, 2.24) is 29.3 Å². The number of rotatable bonds is 7. The van der Waals surface area contributed by atoms with E-state index in [0.717, 1.165) is 6.54 Å². The van der Waals surface area contributed by atoms with Crippen molar-refractivity contribution in [2.45, 2.75) is 19.1 Å². The van der Waals surface area contributed by atoms with Gasteiger partial charge in [0.05, 0.1) is 25.5 Å². The minimum absolute atomic E-state index is 0.336. The lowest BCUT2D eigenvalue weighted by Crippen LogP contribution is -2.25. The Kier molecular flexibility index (Phi) is 6.16. The second-order valence-electron chi connectivity index (χ2n) is 8.09. The first kappa shape index (κ1) is 22.3. The minimum atomic E-state index is -0.779. The Bertz CT molecular complexity index is 1340. The highest BCUT2D eigenvalue weighted by Crippen LogP contribution is 2.36. The maximum absolute atomic E-state index is 13.5. The summed E-state index contributed by atoms with van der Waals surface area (Å²) >= 11 is 6.26. The van der Waals surface area contributed by atoms with Crippen LogP contribution in [0, 0.1) is 0 Å². The number of anilines is 1. The molecule has 1 saturated heterocycles. The molecule has 34 heavy (non-hydrogen) atoms. The standard InChI is InChI=1S/C23H23ClFN7O2/c1-34-20-4-3-15(24)11-17(20)21-19(14-31(29-21)10-9-30-8-5-16(25)13-30)28-23(33)18-12-27-32-7-2-6-26-22(18)32/h2-4,6-7,11-12,14,16H,5,8-10,13H2,1H3,(H,28,33)/t16-/m0/s1. The van der Waals surface area contributed by atoms with Crippen LogP contribution in [0.5, 0.6) is 5.75 Å². The molecule has 0 saturated carbocycles. The van der Waals surface area contributed by atoms with Crippen molar-refractivity contribution in [2.75, 3.05) is 32.1 Å². The fraction of sp³-hybridized carbons (Fsp3) is 0.304. The van der Waals surface area contributed by atoms with Crippen LogP contribution in [-0.4, -0.2) is 68.1 Å². The number of benzene rings is 1. The van der Waals surface area contributed by atoms with Gasteiger partial charge in [-0.15, -0.1) is 0 Å². The summed E-state index contributed by atoms with van der Waals surface area (Å²) in [4.78, 5) is 19.5. The lowest BCUT2D eigenvalue weighted by Gasteiger charge is -2.14. The van der Waals surface area contributed by atoms with Gasteiger partial charge in [-0.1, -0.05) is 11.6 Å². The topological polar surface area (TPSA) is 89.6 Å². The maximum Gasteiger partial charge on any atom is 0.261 e. The van der Waals surface area contributed by atoms with Crippen LogP contribution in [0.15, 0.2) is 49.1 Å². The molecule has 4 aromatic rings. The van der Waals surface area contributed by atoms with Crippen LogP contribution in [0.2, 0.25) is 5.02 Å². The molecule has 1 aromatic carbocycles. The van der Waals surface area contributed by atoms with Crippen LogP contribution in [0.3, 0.4) is 0 Å². The molecule has 5 rings (SSSR count). The molecule has 4 heterocycles. The van der Waals surface area contributed by atoms with Gasteiger partial charge in [0.25, 0.3) is 5.91 Å². The number of carbonyl (C=O) groups excluding carboxylic acids is 1. The highest BCUT2D eigenvalue weighted by atomic mass is 35.5. The number of nitrogens with one attached hydrogen (secondary N) is 1. The molecular weight excluding hydrogens is 461 g/mol. The summed E-state index contributed by atoms with van der Waals surface area (Å²) < 4.78 is 22.3. The normalized spacial score (nSPS) is 16.3. The van der Waals surface area contributed by atoms with E-state index >= 15 is 0 Å². The van der Waals surface area contributed by atoms with Crippen LogP contribution in [0.4, 0.5) is 10.1 Å². The minimum Gasteiger partial charge on any atom is -0.496 e. The molecule has 1 N–H and O–H groups in total. The number of nitrogens with zero attached hydrogens (tertiary/aromatic N) is 6. The zero-order valence-corrected chi connectivity index (χ0v) is 19.2. The zero-order valence-electron chi connectivity index (χ0n) is 18.5. The first-order valence-electron chi connectivity index (χ1n) is 10.9. The predicted octanol–water partition coefficient (Wildman–Crippen LogP) is 3.55. The summed E-state index contributed by atoms with van der Waals surface area (Å²) in [7, 11) is 1.56. The quantitative estimate of drug-likeness (QED) is 0.432. The highest BCUT2D eigenvalue weighted by Gasteiger charge is 2.23. The molecule has 0 radical (unpaired) electrons. The first-order valence-corrected chi connectivity index (χ1v) is 11.3. The molecule has 1 atom stereocenters. The first-order chi connectivity index (χ1) is 16.5. The lowest BCUT2D eigenvalue weighted by molar-refractivity contribution is 0.102. The zero-order chi connectivity index (χ0) is 23.7. The second-order valence-corrected chi connectivity index (χ2v) is 8.52. The van der Waals surface area contributed by atoms with E-state index in [-0.39, 0.29) is 5.91 Å². The average molecular weight is 484 g/mol. The third-order valence-electron chi connectivity index (χ3n) is 5.81. The number of halogens is 2. The molecule has 1 aliphatic heterocycles. The summed E-state index contributed by atoms with van der Waals surface area (Å²) in [5.41, 5.74) is 2.44. The van der Waals surface area contributed by atoms with Crippen molar-refractivity contribution >= 4 is 28.8 Å². The maximum atomic E-state index is 13.5. The number of hydrogen-bond donors (Lipinski definition) is 1. The van der Waals surface area contributed by atoms with Gasteiger partial charge in [0, 0.05) is 48.8 Å². The molecule has 9 nitrogen and oxygen atoms in total. The van der Waals surface area contributed by atoms with E-state index in [2.05, 4.69) is 20.3 Å². The molecule has 1 aliphatic rings. The fourth-order valence-electron chi connectivity index (χ4n) is 4.10. The van der Waals surface area contributed by atoms with E-state index < -0.39 is 6.17 Å². The number of ether oxygens (including phenoxy) is 1. The Morgan fingerprint density at radius 1 is 1.35 bits per heavy atom. The van der Waals surface area contributed by atoms with Crippen molar-refractivity contribution in [1.29, 1.82) is 0 Å². The largest absolute Gasteiger partial charge is 0.496 e. The summed E-state index contributed by atoms with van der Waals surface area (Å²) in [6.45, 7) is 2.35. The SMILES string of the molecule is COc1ccc(Cl)cc1-c1nn(CCN2CC[C@H](F)C2)cc1NC(=O)c1cnn2cccnc12. The Morgan fingerprint density at radius 2 is 2.24 bits per heavy atom. The number of hydrogen-bond acceptors (Lipinski definition) is 6. The number of methoxy groups -OCH3 is 1. The van der Waals surface area contributed by atoms with Crippen molar-refractivity contribution in [3.63, 3.8) is 0 Å². The molecule has 1 amide bonds. The van der Waals surface area contributed by atoms with Crippen molar-refractivity contribution in [3.05, 3.63) is 59.6 Å². The van der Waals surface area contributed by atoms with Crippen molar-refractivity contribution in [2.24, 2.45) is 0 Å². The van der Waals surface area contributed by atoms with Gasteiger partial charge in [-0.05, 0) is 30.7 Å². The van der Waals surface area contributed by atoms with Gasteiger partial charge in [0.1, 0.15) is 23.2 Å². The van der Waals surface area contributed by atoms with Gasteiger partial charge >= 0.3 is 0 Å². The van der Waals surface area contributed by atoms with Crippen LogP contribution >= 0.6 is 11.6 Å². The number of amides is 1. The van der Waals surface area contributed by atoms with Gasteiger partial charge in [0.15, 0.2) is 5.65 Å². The molecule has 0 bridgehead atoms. The molecule has 176 valence electrons. The van der Waals surface area contributed by atoms with E-state index in [9.17, 15) is 9.18 Å². The summed E-state index contributed by atoms with van der Waals surface area (Å²) in [6, 6.07) is 6.96. The average Bonchev–Trinajstić information content (AvgIpc) is 3.56. The molecule has 3 aromatic heterocycles.